The Hall–Kier alpha value is -1.58. The van der Waals surface area contributed by atoms with Crippen LogP contribution in [0.5, 0.6) is 5.75 Å². The number of rotatable bonds is 4. The predicted molar refractivity (Wildman–Crippen MR) is 78.1 cm³/mol. The molecule has 4 heteroatoms. The van der Waals surface area contributed by atoms with Crippen LogP contribution >= 0.6 is 23.8 Å². The first-order valence-corrected chi connectivity index (χ1v) is 6.21. The molecule has 0 aliphatic carbocycles. The zero-order valence-corrected chi connectivity index (χ0v) is 11.2. The van der Waals surface area contributed by atoms with Crippen LogP contribution in [0.3, 0.4) is 0 Å². The van der Waals surface area contributed by atoms with Gasteiger partial charge >= 0.3 is 0 Å². The minimum atomic E-state index is 0.386. The summed E-state index contributed by atoms with van der Waals surface area (Å²) in [5.74, 6) is 0.773. The topological polar surface area (TPSA) is 35.2 Å². The number of halogens is 1. The molecule has 0 bridgehead atoms. The number of ether oxygens (including phenoxy) is 1. The smallest absolute Gasteiger partial charge is 0.119 e. The van der Waals surface area contributed by atoms with E-state index in [1.54, 1.807) is 0 Å². The van der Waals surface area contributed by atoms with E-state index in [1.165, 1.54) is 0 Å². The Labute approximate surface area is 116 Å². The van der Waals surface area contributed by atoms with Gasteiger partial charge in [0.2, 0.25) is 0 Å². The van der Waals surface area contributed by atoms with Gasteiger partial charge in [-0.25, -0.2) is 0 Å². The molecule has 0 saturated heterocycles. The zero-order valence-electron chi connectivity index (χ0n) is 9.60. The number of hydrogen-bond acceptors (Lipinski definition) is 2. The average Bonchev–Trinajstić information content (AvgIpc) is 2.37. The summed E-state index contributed by atoms with van der Waals surface area (Å²) >= 11 is 10.8. The first-order valence-electron chi connectivity index (χ1n) is 5.42. The van der Waals surface area contributed by atoms with Gasteiger partial charge in [0.15, 0.2) is 0 Å². The van der Waals surface area contributed by atoms with Crippen LogP contribution in [0.2, 0.25) is 5.02 Å². The predicted octanol–water partition coefficient (Wildman–Crippen LogP) is 3.55. The molecule has 0 radical (unpaired) electrons. The van der Waals surface area contributed by atoms with Gasteiger partial charge in [0.1, 0.15) is 17.3 Å². The second kappa shape index (κ2) is 5.85. The third kappa shape index (κ3) is 3.45. The molecule has 2 nitrogen and oxygen atoms in total. The lowest BCUT2D eigenvalue weighted by Crippen LogP contribution is -2.08. The van der Waals surface area contributed by atoms with E-state index in [2.05, 4.69) is 0 Å². The molecule has 0 heterocycles. The fourth-order valence-corrected chi connectivity index (χ4v) is 1.86. The lowest BCUT2D eigenvalue weighted by molar-refractivity contribution is 0.306. The summed E-state index contributed by atoms with van der Waals surface area (Å²) < 4.78 is 5.64. The van der Waals surface area contributed by atoms with E-state index in [0.717, 1.165) is 16.9 Å². The van der Waals surface area contributed by atoms with Crippen molar-refractivity contribution in [3.05, 3.63) is 64.7 Å². The van der Waals surface area contributed by atoms with Crippen molar-refractivity contribution < 1.29 is 4.74 Å². The van der Waals surface area contributed by atoms with E-state index in [0.29, 0.717) is 16.6 Å². The summed E-state index contributed by atoms with van der Waals surface area (Å²) in [6.07, 6.45) is 0. The second-order valence-corrected chi connectivity index (χ2v) is 4.68. The maximum atomic E-state index is 5.90. The molecule has 18 heavy (non-hydrogen) atoms. The molecular weight excluding hydrogens is 266 g/mol. The first-order chi connectivity index (χ1) is 8.65. The van der Waals surface area contributed by atoms with E-state index < -0.39 is 0 Å². The Kier molecular flexibility index (Phi) is 4.18. The number of thiocarbonyl (C=S) groups is 1. The van der Waals surface area contributed by atoms with Crippen LogP contribution in [-0.2, 0) is 6.61 Å². The highest BCUT2D eigenvalue weighted by Crippen LogP contribution is 2.16. The van der Waals surface area contributed by atoms with Gasteiger partial charge in [-0.1, -0.05) is 36.0 Å². The highest BCUT2D eigenvalue weighted by Gasteiger charge is 1.99. The van der Waals surface area contributed by atoms with Gasteiger partial charge in [-0.15, -0.1) is 0 Å². The minimum Gasteiger partial charge on any atom is -0.489 e. The number of benzene rings is 2. The Balaban J connectivity index is 2.00. The monoisotopic (exact) mass is 277 g/mol. The number of hydrogen-bond donors (Lipinski definition) is 1. The van der Waals surface area contributed by atoms with Gasteiger partial charge in [0, 0.05) is 10.6 Å². The molecule has 2 aromatic carbocycles. The molecule has 92 valence electrons. The standard InChI is InChI=1S/C14H12ClNOS/c15-12-3-1-2-10(8-12)9-17-13-6-4-11(5-7-13)14(16)18/h1-8H,9H2,(H2,16,18). The van der Waals surface area contributed by atoms with Crippen LogP contribution in [0.1, 0.15) is 11.1 Å². The van der Waals surface area contributed by atoms with Gasteiger partial charge in [-0.3, -0.25) is 0 Å². The molecule has 0 saturated carbocycles. The van der Waals surface area contributed by atoms with Crippen molar-refractivity contribution in [3.63, 3.8) is 0 Å². The van der Waals surface area contributed by atoms with Crippen LogP contribution in [-0.4, -0.2) is 4.99 Å². The van der Waals surface area contributed by atoms with Crippen molar-refractivity contribution in [3.8, 4) is 5.75 Å². The normalized spacial score (nSPS) is 10.1. The maximum absolute atomic E-state index is 5.90. The largest absolute Gasteiger partial charge is 0.489 e. The summed E-state index contributed by atoms with van der Waals surface area (Å²) in [6.45, 7) is 0.479. The zero-order chi connectivity index (χ0) is 13.0. The molecule has 2 rings (SSSR count). The highest BCUT2D eigenvalue weighted by molar-refractivity contribution is 7.80. The van der Waals surface area contributed by atoms with Gasteiger partial charge in [-0.05, 0) is 42.0 Å². The van der Waals surface area contributed by atoms with E-state index in [1.807, 2.05) is 48.5 Å². The average molecular weight is 278 g/mol. The van der Waals surface area contributed by atoms with Crippen LogP contribution in [0.25, 0.3) is 0 Å². The molecule has 0 amide bonds. The lowest BCUT2D eigenvalue weighted by Gasteiger charge is -2.07. The maximum Gasteiger partial charge on any atom is 0.119 e. The van der Waals surface area contributed by atoms with Crippen molar-refractivity contribution in [2.45, 2.75) is 6.61 Å². The van der Waals surface area contributed by atoms with Gasteiger partial charge in [0.05, 0.1) is 0 Å². The van der Waals surface area contributed by atoms with Gasteiger partial charge < -0.3 is 10.5 Å². The van der Waals surface area contributed by atoms with Crippen molar-refractivity contribution in [1.29, 1.82) is 0 Å². The summed E-state index contributed by atoms with van der Waals surface area (Å²) in [5, 5.41) is 0.708. The summed E-state index contributed by atoms with van der Waals surface area (Å²) in [5.41, 5.74) is 7.38. The Morgan fingerprint density at radius 1 is 1.17 bits per heavy atom. The Bertz CT molecular complexity index is 554. The lowest BCUT2D eigenvalue weighted by atomic mass is 10.2. The summed E-state index contributed by atoms with van der Waals surface area (Å²) in [6, 6.07) is 15.0. The first kappa shape index (κ1) is 12.9. The van der Waals surface area contributed by atoms with Gasteiger partial charge in [0.25, 0.3) is 0 Å². The van der Waals surface area contributed by atoms with Crippen LogP contribution in [0, 0.1) is 0 Å². The van der Waals surface area contributed by atoms with Crippen molar-refractivity contribution in [2.75, 3.05) is 0 Å². The molecular formula is C14H12ClNOS. The Morgan fingerprint density at radius 2 is 1.89 bits per heavy atom. The van der Waals surface area contributed by atoms with E-state index in [-0.39, 0.29) is 0 Å². The van der Waals surface area contributed by atoms with E-state index in [9.17, 15) is 0 Å². The minimum absolute atomic E-state index is 0.386. The molecule has 0 aromatic heterocycles. The summed E-state index contributed by atoms with van der Waals surface area (Å²) in [7, 11) is 0. The number of nitrogens with two attached hydrogens (primary N) is 1. The molecule has 0 unspecified atom stereocenters. The summed E-state index contributed by atoms with van der Waals surface area (Å²) in [4.78, 5) is 0.386. The molecule has 2 N–H and O–H groups in total. The van der Waals surface area contributed by atoms with Crippen LogP contribution < -0.4 is 10.5 Å². The molecule has 0 aliphatic rings. The van der Waals surface area contributed by atoms with Crippen molar-refractivity contribution in [1.82, 2.24) is 0 Å². The SMILES string of the molecule is NC(=S)c1ccc(OCc2cccc(Cl)c2)cc1. The van der Waals surface area contributed by atoms with Crippen molar-refractivity contribution >= 4 is 28.8 Å². The molecule has 0 spiro atoms. The fraction of sp³-hybridized carbons (Fsp3) is 0.0714. The van der Waals surface area contributed by atoms with E-state index >= 15 is 0 Å². The van der Waals surface area contributed by atoms with Crippen LogP contribution in [0.15, 0.2) is 48.5 Å². The van der Waals surface area contributed by atoms with Crippen molar-refractivity contribution in [2.24, 2.45) is 5.73 Å². The molecule has 2 aromatic rings. The quantitative estimate of drug-likeness (QED) is 0.868. The molecule has 0 atom stereocenters. The molecule has 0 aliphatic heterocycles. The van der Waals surface area contributed by atoms with Crippen LogP contribution in [0.4, 0.5) is 0 Å². The Morgan fingerprint density at radius 3 is 2.50 bits per heavy atom. The highest BCUT2D eigenvalue weighted by atomic mass is 35.5. The van der Waals surface area contributed by atoms with E-state index in [4.69, 9.17) is 34.3 Å². The molecule has 0 fully saturated rings. The van der Waals surface area contributed by atoms with Gasteiger partial charge in [-0.2, -0.15) is 0 Å². The second-order valence-electron chi connectivity index (χ2n) is 3.81. The third-order valence-corrected chi connectivity index (χ3v) is 2.90. The third-order valence-electron chi connectivity index (χ3n) is 2.43. The fourth-order valence-electron chi connectivity index (χ4n) is 1.51.